The van der Waals surface area contributed by atoms with Gasteiger partial charge in [-0.1, -0.05) is 0 Å². The molecule has 1 heterocycles. The first-order chi connectivity index (χ1) is 7.03. The average Bonchev–Trinajstić information content (AvgIpc) is 2.42. The van der Waals surface area contributed by atoms with Crippen molar-refractivity contribution >= 4 is 12.6 Å². The second kappa shape index (κ2) is 4.22. The summed E-state index contributed by atoms with van der Waals surface area (Å²) in [7, 11) is 0. The molecule has 0 aromatic heterocycles. The summed E-state index contributed by atoms with van der Waals surface area (Å²) < 4.78 is 13.4. The molecule has 2 aliphatic rings. The van der Waals surface area contributed by atoms with E-state index in [-0.39, 0.29) is 11.5 Å². The molecular formula is C11H21FN2S. The van der Waals surface area contributed by atoms with E-state index >= 15 is 0 Å². The molecule has 3 atom stereocenters. The second-order valence-electron chi connectivity index (χ2n) is 5.17. The highest BCUT2D eigenvalue weighted by Crippen LogP contribution is 2.46. The van der Waals surface area contributed by atoms with Gasteiger partial charge in [0.15, 0.2) is 0 Å². The van der Waals surface area contributed by atoms with Gasteiger partial charge in [0.2, 0.25) is 0 Å². The highest BCUT2D eigenvalue weighted by atomic mass is 32.1. The van der Waals surface area contributed by atoms with Crippen molar-refractivity contribution < 1.29 is 4.39 Å². The first-order valence-corrected chi connectivity index (χ1v) is 6.37. The van der Waals surface area contributed by atoms with Crippen molar-refractivity contribution in [2.75, 3.05) is 13.1 Å². The zero-order chi connectivity index (χ0) is 11.1. The predicted molar refractivity (Wildman–Crippen MR) is 63.8 cm³/mol. The van der Waals surface area contributed by atoms with Crippen LogP contribution < -0.4 is 5.73 Å². The number of halogens is 1. The number of hydrogen-bond donors (Lipinski definition) is 2. The topological polar surface area (TPSA) is 29.3 Å². The van der Waals surface area contributed by atoms with E-state index in [0.29, 0.717) is 18.2 Å². The maximum absolute atomic E-state index is 13.4. The van der Waals surface area contributed by atoms with Gasteiger partial charge >= 0.3 is 0 Å². The zero-order valence-corrected chi connectivity index (χ0v) is 10.2. The van der Waals surface area contributed by atoms with Crippen LogP contribution in [-0.4, -0.2) is 35.6 Å². The summed E-state index contributed by atoms with van der Waals surface area (Å²) in [5, 5.41) is 0.307. The first-order valence-electron chi connectivity index (χ1n) is 5.85. The van der Waals surface area contributed by atoms with Crippen molar-refractivity contribution in [3.63, 3.8) is 0 Å². The Hall–Kier alpha value is 0.200. The van der Waals surface area contributed by atoms with Crippen molar-refractivity contribution in [3.8, 4) is 0 Å². The highest BCUT2D eigenvalue weighted by molar-refractivity contribution is 7.80. The molecule has 0 aromatic carbocycles. The Kier molecular flexibility index (Phi) is 3.29. The fraction of sp³-hybridized carbons (Fsp3) is 1.00. The van der Waals surface area contributed by atoms with Gasteiger partial charge in [0.25, 0.3) is 0 Å². The summed E-state index contributed by atoms with van der Waals surface area (Å²) in [4.78, 5) is 2.34. The Balaban J connectivity index is 1.97. The Morgan fingerprint density at radius 2 is 2.07 bits per heavy atom. The van der Waals surface area contributed by atoms with Crippen LogP contribution in [0.2, 0.25) is 0 Å². The lowest BCUT2D eigenvalue weighted by atomic mass is 9.74. The van der Waals surface area contributed by atoms with E-state index < -0.39 is 6.17 Å². The summed E-state index contributed by atoms with van der Waals surface area (Å²) in [6.07, 6.45) is 2.67. The van der Waals surface area contributed by atoms with Crippen molar-refractivity contribution in [1.82, 2.24) is 4.90 Å². The number of hydrogen-bond acceptors (Lipinski definition) is 3. The fourth-order valence-corrected chi connectivity index (χ4v) is 3.35. The molecule has 1 saturated heterocycles. The first kappa shape index (κ1) is 11.7. The maximum atomic E-state index is 13.4. The Labute approximate surface area is 96.8 Å². The molecule has 2 rings (SSSR count). The number of likely N-dealkylation sites (tertiary alicyclic amines) is 1. The van der Waals surface area contributed by atoms with E-state index in [1.165, 1.54) is 0 Å². The largest absolute Gasteiger partial charge is 0.327 e. The molecule has 1 aliphatic carbocycles. The summed E-state index contributed by atoms with van der Waals surface area (Å²) in [6, 6.07) is 0.0740. The average molecular weight is 232 g/mol. The Morgan fingerprint density at radius 3 is 2.47 bits per heavy atom. The van der Waals surface area contributed by atoms with E-state index in [2.05, 4.69) is 24.5 Å². The van der Waals surface area contributed by atoms with Gasteiger partial charge in [-0.05, 0) is 51.1 Å². The molecule has 0 aromatic rings. The monoisotopic (exact) mass is 232 g/mol. The van der Waals surface area contributed by atoms with Crippen LogP contribution in [0.3, 0.4) is 0 Å². The third-order valence-corrected chi connectivity index (χ3v) is 4.57. The van der Waals surface area contributed by atoms with Gasteiger partial charge in [0.1, 0.15) is 6.17 Å². The minimum absolute atomic E-state index is 0.0740. The standard InChI is InChI=1S/C11H21FN2S/c1-8(15)14-4-2-11(3-5-14)7-9(12)6-10(11)13/h8-10,15H,2-7,13H2,1H3/t8?,9?,10-/m1/s1. The van der Waals surface area contributed by atoms with E-state index in [1.807, 2.05) is 0 Å². The molecule has 2 N–H and O–H groups in total. The van der Waals surface area contributed by atoms with Crippen LogP contribution in [0.1, 0.15) is 32.6 Å². The maximum Gasteiger partial charge on any atom is 0.102 e. The lowest BCUT2D eigenvalue weighted by molar-refractivity contribution is 0.0871. The summed E-state index contributed by atoms with van der Waals surface area (Å²) in [5.74, 6) is 0. The number of nitrogens with zero attached hydrogens (tertiary/aromatic N) is 1. The van der Waals surface area contributed by atoms with Gasteiger partial charge in [-0.25, -0.2) is 4.39 Å². The van der Waals surface area contributed by atoms with Crippen LogP contribution in [0.4, 0.5) is 4.39 Å². The van der Waals surface area contributed by atoms with Crippen LogP contribution in [0.25, 0.3) is 0 Å². The van der Waals surface area contributed by atoms with E-state index in [4.69, 9.17) is 5.73 Å². The Bertz CT molecular complexity index is 227. The van der Waals surface area contributed by atoms with Crippen LogP contribution in [0.5, 0.6) is 0 Å². The van der Waals surface area contributed by atoms with Crippen molar-refractivity contribution in [2.45, 2.75) is 50.2 Å². The lowest BCUT2D eigenvalue weighted by Crippen LogP contribution is -2.48. The summed E-state index contributed by atoms with van der Waals surface area (Å²) in [6.45, 7) is 4.13. The minimum atomic E-state index is -0.667. The number of alkyl halides is 1. The molecule has 0 amide bonds. The minimum Gasteiger partial charge on any atom is -0.327 e. The smallest absolute Gasteiger partial charge is 0.102 e. The molecule has 15 heavy (non-hydrogen) atoms. The molecule has 2 unspecified atom stereocenters. The lowest BCUT2D eigenvalue weighted by Gasteiger charge is -2.43. The number of piperidine rings is 1. The molecule has 2 fully saturated rings. The number of thiol groups is 1. The van der Waals surface area contributed by atoms with Crippen molar-refractivity contribution in [3.05, 3.63) is 0 Å². The third-order valence-electron chi connectivity index (χ3n) is 4.25. The van der Waals surface area contributed by atoms with E-state index in [9.17, 15) is 4.39 Å². The van der Waals surface area contributed by atoms with Gasteiger partial charge in [-0.2, -0.15) is 12.6 Å². The summed E-state index contributed by atoms with van der Waals surface area (Å²) >= 11 is 4.43. The van der Waals surface area contributed by atoms with Crippen molar-refractivity contribution in [1.29, 1.82) is 0 Å². The second-order valence-corrected chi connectivity index (χ2v) is 5.92. The molecule has 1 saturated carbocycles. The summed E-state index contributed by atoms with van der Waals surface area (Å²) in [5.41, 5.74) is 6.17. The van der Waals surface area contributed by atoms with Crippen molar-refractivity contribution in [2.24, 2.45) is 11.1 Å². The van der Waals surface area contributed by atoms with Crippen LogP contribution in [0, 0.1) is 5.41 Å². The number of nitrogens with two attached hydrogens (primary N) is 1. The van der Waals surface area contributed by atoms with E-state index in [1.54, 1.807) is 0 Å². The molecule has 0 bridgehead atoms. The quantitative estimate of drug-likeness (QED) is 0.675. The molecular weight excluding hydrogens is 211 g/mol. The van der Waals surface area contributed by atoms with Crippen LogP contribution in [-0.2, 0) is 0 Å². The van der Waals surface area contributed by atoms with Gasteiger partial charge in [-0.15, -0.1) is 0 Å². The van der Waals surface area contributed by atoms with Gasteiger partial charge < -0.3 is 5.73 Å². The van der Waals surface area contributed by atoms with Gasteiger partial charge in [0.05, 0.1) is 0 Å². The predicted octanol–water partition coefficient (Wildman–Crippen LogP) is 1.80. The van der Waals surface area contributed by atoms with Gasteiger partial charge in [-0.3, -0.25) is 4.90 Å². The molecule has 88 valence electrons. The van der Waals surface area contributed by atoms with Crippen LogP contribution >= 0.6 is 12.6 Å². The molecule has 1 aliphatic heterocycles. The highest BCUT2D eigenvalue weighted by Gasteiger charge is 2.47. The number of rotatable bonds is 1. The van der Waals surface area contributed by atoms with Crippen LogP contribution in [0.15, 0.2) is 0 Å². The molecule has 1 spiro atoms. The Morgan fingerprint density at radius 1 is 1.47 bits per heavy atom. The fourth-order valence-electron chi connectivity index (χ4n) is 3.12. The molecule has 0 radical (unpaired) electrons. The zero-order valence-electron chi connectivity index (χ0n) is 9.32. The SMILES string of the molecule is CC(S)N1CCC2(CC1)CC(F)C[C@H]2N. The van der Waals surface area contributed by atoms with E-state index in [0.717, 1.165) is 25.9 Å². The third kappa shape index (κ3) is 2.17. The molecule has 4 heteroatoms. The van der Waals surface area contributed by atoms with Gasteiger partial charge in [0, 0.05) is 11.4 Å². The normalized spacial score (nSPS) is 38.4. The molecule has 2 nitrogen and oxygen atoms in total.